The van der Waals surface area contributed by atoms with Gasteiger partial charge in [-0.1, -0.05) is 18.2 Å². The Balaban J connectivity index is 1.35. The van der Waals surface area contributed by atoms with Gasteiger partial charge in [0.15, 0.2) is 6.61 Å². The highest BCUT2D eigenvalue weighted by Gasteiger charge is 2.51. The van der Waals surface area contributed by atoms with E-state index in [0.717, 1.165) is 18.4 Å². The number of rotatable bonds is 5. The van der Waals surface area contributed by atoms with Gasteiger partial charge in [0.25, 0.3) is 5.91 Å². The molecule has 8 heteroatoms. The van der Waals surface area contributed by atoms with Crippen LogP contribution in [0, 0.1) is 5.41 Å². The number of pyridine rings is 1. The molecule has 1 amide bonds. The fourth-order valence-electron chi connectivity index (χ4n) is 4.52. The van der Waals surface area contributed by atoms with Crippen molar-refractivity contribution in [3.63, 3.8) is 0 Å². The summed E-state index contributed by atoms with van der Waals surface area (Å²) < 4.78 is 17.4. The van der Waals surface area contributed by atoms with Crippen molar-refractivity contribution in [3.05, 3.63) is 60.7 Å². The maximum atomic E-state index is 12.9. The fourth-order valence-corrected chi connectivity index (χ4v) is 4.52. The Morgan fingerprint density at radius 1 is 1.10 bits per heavy atom. The van der Waals surface area contributed by atoms with E-state index in [-0.39, 0.29) is 23.8 Å². The first kappa shape index (κ1) is 19.7. The molecule has 3 aromatic rings. The van der Waals surface area contributed by atoms with E-state index in [1.54, 1.807) is 12.4 Å². The zero-order valence-corrected chi connectivity index (χ0v) is 17.1. The molecule has 0 radical (unpaired) electrons. The highest BCUT2D eigenvalue weighted by atomic mass is 16.5. The molecule has 5 rings (SSSR count). The van der Waals surface area contributed by atoms with Crippen LogP contribution in [-0.2, 0) is 9.53 Å². The minimum Gasteiger partial charge on any atom is -0.484 e. The van der Waals surface area contributed by atoms with E-state index in [1.165, 1.54) is 0 Å². The number of ether oxygens (including phenoxy) is 2. The van der Waals surface area contributed by atoms with Crippen molar-refractivity contribution in [2.75, 3.05) is 32.9 Å². The molecule has 8 nitrogen and oxygen atoms in total. The van der Waals surface area contributed by atoms with Gasteiger partial charge in [-0.3, -0.25) is 9.78 Å². The fraction of sp³-hybridized carbons (Fsp3) is 0.391. The average Bonchev–Trinajstić information content (AvgIpc) is 3.45. The van der Waals surface area contributed by atoms with Crippen LogP contribution in [0.3, 0.4) is 0 Å². The van der Waals surface area contributed by atoms with Crippen molar-refractivity contribution in [2.24, 2.45) is 5.41 Å². The highest BCUT2D eigenvalue weighted by molar-refractivity contribution is 5.78. The molecule has 0 aliphatic carbocycles. The van der Waals surface area contributed by atoms with Gasteiger partial charge in [-0.05, 0) is 37.1 Å². The summed E-state index contributed by atoms with van der Waals surface area (Å²) in [6.45, 7) is 2.53. The minimum atomic E-state index is -0.122. The topological polar surface area (TPSA) is 90.6 Å². The van der Waals surface area contributed by atoms with Crippen LogP contribution in [0.1, 0.15) is 24.7 Å². The summed E-state index contributed by atoms with van der Waals surface area (Å²) in [6.07, 6.45) is 5.10. The summed E-state index contributed by atoms with van der Waals surface area (Å²) in [6, 6.07) is 13.1. The zero-order valence-electron chi connectivity index (χ0n) is 17.1. The Labute approximate surface area is 180 Å². The molecule has 1 unspecified atom stereocenters. The van der Waals surface area contributed by atoms with Crippen LogP contribution in [0.15, 0.2) is 59.3 Å². The quantitative estimate of drug-likeness (QED) is 0.627. The van der Waals surface area contributed by atoms with Crippen LogP contribution in [0.2, 0.25) is 0 Å². The average molecular weight is 420 g/mol. The smallest absolute Gasteiger partial charge is 0.260 e. The van der Waals surface area contributed by atoms with Crippen molar-refractivity contribution in [1.82, 2.24) is 20.1 Å². The first-order valence-corrected chi connectivity index (χ1v) is 10.5. The monoisotopic (exact) mass is 420 g/mol. The van der Waals surface area contributed by atoms with Gasteiger partial charge in [0.1, 0.15) is 5.75 Å². The summed E-state index contributed by atoms with van der Waals surface area (Å²) in [5.41, 5.74) is 0.708. The van der Waals surface area contributed by atoms with Crippen molar-refractivity contribution in [1.29, 1.82) is 0 Å². The lowest BCUT2D eigenvalue weighted by Gasteiger charge is -2.36. The summed E-state index contributed by atoms with van der Waals surface area (Å²) in [7, 11) is 0. The SMILES string of the molecule is O=C(COc1ccccc1)N1CC(c2nnc(-c3ccncc3)o2)C2(CCOCC2)C1. The number of likely N-dealkylation sites (tertiary alicyclic amines) is 1. The summed E-state index contributed by atoms with van der Waals surface area (Å²) in [4.78, 5) is 18.8. The number of carbonyl (C=O) groups excluding carboxylic acids is 1. The third-order valence-electron chi connectivity index (χ3n) is 6.26. The van der Waals surface area contributed by atoms with E-state index in [1.807, 2.05) is 47.4 Å². The molecule has 0 N–H and O–H groups in total. The Bertz CT molecular complexity index is 1020. The molecule has 160 valence electrons. The first-order valence-electron chi connectivity index (χ1n) is 10.5. The number of aromatic nitrogens is 3. The molecule has 1 spiro atoms. The van der Waals surface area contributed by atoms with Crippen molar-refractivity contribution >= 4 is 5.91 Å². The maximum absolute atomic E-state index is 12.9. The summed E-state index contributed by atoms with van der Waals surface area (Å²) in [5.74, 6) is 1.67. The van der Waals surface area contributed by atoms with Crippen molar-refractivity contribution in [3.8, 4) is 17.2 Å². The van der Waals surface area contributed by atoms with E-state index in [2.05, 4.69) is 15.2 Å². The van der Waals surface area contributed by atoms with Crippen LogP contribution in [0.5, 0.6) is 5.75 Å². The third-order valence-corrected chi connectivity index (χ3v) is 6.26. The largest absolute Gasteiger partial charge is 0.484 e. The lowest BCUT2D eigenvalue weighted by molar-refractivity contribution is -0.133. The Morgan fingerprint density at radius 2 is 1.87 bits per heavy atom. The standard InChI is InChI=1S/C23H24N4O4/c28-20(15-30-18-4-2-1-3-5-18)27-14-19(23(16-27)8-12-29-13-9-23)22-26-25-21(31-22)17-6-10-24-11-7-17/h1-7,10-11,19H,8-9,12-16H2. The second-order valence-electron chi connectivity index (χ2n) is 8.08. The van der Waals surface area contributed by atoms with Crippen LogP contribution in [-0.4, -0.2) is 58.9 Å². The molecule has 2 aromatic heterocycles. The van der Waals surface area contributed by atoms with Gasteiger partial charge >= 0.3 is 0 Å². The van der Waals surface area contributed by atoms with E-state index in [4.69, 9.17) is 13.9 Å². The molecule has 4 heterocycles. The van der Waals surface area contributed by atoms with Crippen LogP contribution in [0.4, 0.5) is 0 Å². The van der Waals surface area contributed by atoms with Crippen LogP contribution < -0.4 is 4.74 Å². The van der Waals surface area contributed by atoms with E-state index in [0.29, 0.717) is 43.8 Å². The van der Waals surface area contributed by atoms with Gasteiger partial charge in [-0.2, -0.15) is 0 Å². The Kier molecular flexibility index (Phi) is 5.38. The molecule has 1 aromatic carbocycles. The van der Waals surface area contributed by atoms with E-state index in [9.17, 15) is 4.79 Å². The molecular weight excluding hydrogens is 396 g/mol. The van der Waals surface area contributed by atoms with Gasteiger partial charge in [-0.25, -0.2) is 0 Å². The molecule has 2 aliphatic heterocycles. The number of nitrogens with zero attached hydrogens (tertiary/aromatic N) is 4. The maximum Gasteiger partial charge on any atom is 0.260 e. The lowest BCUT2D eigenvalue weighted by atomic mass is 9.72. The second-order valence-corrected chi connectivity index (χ2v) is 8.08. The zero-order chi connectivity index (χ0) is 21.1. The summed E-state index contributed by atoms with van der Waals surface area (Å²) >= 11 is 0. The third kappa shape index (κ3) is 4.03. The van der Waals surface area contributed by atoms with Crippen molar-refractivity contribution in [2.45, 2.75) is 18.8 Å². The van der Waals surface area contributed by atoms with Gasteiger partial charge in [-0.15, -0.1) is 10.2 Å². The molecule has 31 heavy (non-hydrogen) atoms. The van der Waals surface area contributed by atoms with Crippen LogP contribution >= 0.6 is 0 Å². The predicted molar refractivity (Wildman–Crippen MR) is 111 cm³/mol. The van der Waals surface area contributed by atoms with Gasteiger partial charge < -0.3 is 18.8 Å². The summed E-state index contributed by atoms with van der Waals surface area (Å²) in [5, 5.41) is 8.62. The van der Waals surface area contributed by atoms with Crippen LogP contribution in [0.25, 0.3) is 11.5 Å². The Hall–Kier alpha value is -3.26. The highest BCUT2D eigenvalue weighted by Crippen LogP contribution is 2.49. The van der Waals surface area contributed by atoms with Gasteiger partial charge in [0.05, 0.1) is 5.92 Å². The van der Waals surface area contributed by atoms with Gasteiger partial charge in [0.2, 0.25) is 11.8 Å². The minimum absolute atomic E-state index is 0.00934. The van der Waals surface area contributed by atoms with Gasteiger partial charge in [0, 0.05) is 49.7 Å². The Morgan fingerprint density at radius 3 is 2.65 bits per heavy atom. The molecule has 0 bridgehead atoms. The predicted octanol–water partition coefficient (Wildman–Crippen LogP) is 2.93. The molecule has 1 atom stereocenters. The second kappa shape index (κ2) is 8.47. The molecular formula is C23H24N4O4. The normalized spacial score (nSPS) is 20.1. The lowest BCUT2D eigenvalue weighted by Crippen LogP contribution is -2.38. The van der Waals surface area contributed by atoms with E-state index < -0.39 is 0 Å². The molecule has 0 saturated carbocycles. The molecule has 2 saturated heterocycles. The number of hydrogen-bond acceptors (Lipinski definition) is 7. The number of hydrogen-bond donors (Lipinski definition) is 0. The molecule has 2 aliphatic rings. The number of para-hydroxylation sites is 1. The van der Waals surface area contributed by atoms with Crippen molar-refractivity contribution < 1.29 is 18.7 Å². The van der Waals surface area contributed by atoms with E-state index >= 15 is 0 Å². The number of benzene rings is 1. The first-order chi connectivity index (χ1) is 15.2. The number of amides is 1. The molecule has 2 fully saturated rings. The number of carbonyl (C=O) groups is 1.